The van der Waals surface area contributed by atoms with Crippen molar-refractivity contribution in [2.75, 3.05) is 6.61 Å². The van der Waals surface area contributed by atoms with Gasteiger partial charge >= 0.3 is 5.97 Å². The van der Waals surface area contributed by atoms with E-state index in [1.165, 1.54) is 11.3 Å². The zero-order valence-electron chi connectivity index (χ0n) is 10.1. The molecule has 0 aliphatic heterocycles. The Morgan fingerprint density at radius 3 is 2.67 bits per heavy atom. The Labute approximate surface area is 109 Å². The Hall–Kier alpha value is -2.06. The van der Waals surface area contributed by atoms with Gasteiger partial charge in [-0.1, -0.05) is 0 Å². The molecule has 0 aromatic carbocycles. The second kappa shape index (κ2) is 5.07. The molecule has 0 bridgehead atoms. The molecule has 0 saturated heterocycles. The van der Waals surface area contributed by atoms with Crippen molar-refractivity contribution in [3.63, 3.8) is 0 Å². The van der Waals surface area contributed by atoms with Crippen LogP contribution in [0.15, 0.2) is 23.6 Å². The number of rotatable bonds is 3. The van der Waals surface area contributed by atoms with Gasteiger partial charge in [0, 0.05) is 11.4 Å². The third-order valence-electron chi connectivity index (χ3n) is 2.61. The number of nitrogens with zero attached hydrogens (tertiary/aromatic N) is 2. The summed E-state index contributed by atoms with van der Waals surface area (Å²) in [5.41, 5.74) is 2.62. The Bertz CT molecular complexity index is 600. The molecule has 0 saturated carbocycles. The minimum atomic E-state index is -0.458. The van der Waals surface area contributed by atoms with Gasteiger partial charge in [-0.25, -0.2) is 4.79 Å². The monoisotopic (exact) mass is 260 g/mol. The lowest BCUT2D eigenvalue weighted by molar-refractivity contribution is 0.0555. The first-order valence-electron chi connectivity index (χ1n) is 5.42. The van der Waals surface area contributed by atoms with Crippen molar-refractivity contribution in [3.05, 3.63) is 40.5 Å². The molecule has 4 nitrogen and oxygen atoms in total. The minimum Gasteiger partial charge on any atom is -0.447 e. The maximum absolute atomic E-state index is 11.8. The fourth-order valence-electron chi connectivity index (χ4n) is 1.79. The molecule has 2 rings (SSSR count). The summed E-state index contributed by atoms with van der Waals surface area (Å²) < 4.78 is 6.85. The SMILES string of the molecule is Cc1ccc(C)n1-c1sccc1C(=O)OCC#N. The number of thiophene rings is 1. The summed E-state index contributed by atoms with van der Waals surface area (Å²) in [6.45, 7) is 3.74. The number of ether oxygens (including phenoxy) is 1. The van der Waals surface area contributed by atoms with Crippen LogP contribution in [-0.2, 0) is 4.74 Å². The van der Waals surface area contributed by atoms with Crippen LogP contribution in [0.5, 0.6) is 0 Å². The molecule has 5 heteroatoms. The van der Waals surface area contributed by atoms with Crippen molar-refractivity contribution in [2.45, 2.75) is 13.8 Å². The summed E-state index contributed by atoms with van der Waals surface area (Å²) in [6, 6.07) is 7.51. The molecule has 0 aliphatic rings. The van der Waals surface area contributed by atoms with Crippen molar-refractivity contribution in [3.8, 4) is 11.1 Å². The highest BCUT2D eigenvalue weighted by molar-refractivity contribution is 7.13. The maximum Gasteiger partial charge on any atom is 0.342 e. The second-order valence-corrected chi connectivity index (χ2v) is 4.72. The van der Waals surface area contributed by atoms with Crippen LogP contribution in [0.1, 0.15) is 21.7 Å². The molecule has 2 aromatic heterocycles. The highest BCUT2D eigenvalue weighted by Gasteiger charge is 2.17. The summed E-state index contributed by atoms with van der Waals surface area (Å²) in [4.78, 5) is 11.8. The second-order valence-electron chi connectivity index (χ2n) is 3.83. The van der Waals surface area contributed by atoms with E-state index >= 15 is 0 Å². The Balaban J connectivity index is 2.40. The standard InChI is InChI=1S/C13H12N2O2S/c1-9-3-4-10(2)15(9)12-11(5-8-18-12)13(16)17-7-6-14/h3-5,8H,7H2,1-2H3. The summed E-state index contributed by atoms with van der Waals surface area (Å²) in [5.74, 6) is -0.458. The predicted octanol–water partition coefficient (Wildman–Crippen LogP) is 2.84. The number of nitriles is 1. The lowest BCUT2D eigenvalue weighted by Crippen LogP contribution is -2.08. The van der Waals surface area contributed by atoms with E-state index in [1.54, 1.807) is 12.1 Å². The molecule has 2 aromatic rings. The summed E-state index contributed by atoms with van der Waals surface area (Å²) in [6.07, 6.45) is 0. The minimum absolute atomic E-state index is 0.224. The van der Waals surface area contributed by atoms with Crippen LogP contribution in [0.4, 0.5) is 0 Å². The largest absolute Gasteiger partial charge is 0.447 e. The van der Waals surface area contributed by atoms with Gasteiger partial charge in [-0.05, 0) is 37.4 Å². The van der Waals surface area contributed by atoms with Crippen molar-refractivity contribution in [1.82, 2.24) is 4.57 Å². The van der Waals surface area contributed by atoms with Gasteiger partial charge in [0.15, 0.2) is 6.61 Å². The fourth-order valence-corrected chi connectivity index (χ4v) is 2.80. The zero-order chi connectivity index (χ0) is 13.1. The van der Waals surface area contributed by atoms with E-state index in [-0.39, 0.29) is 6.61 Å². The number of carbonyl (C=O) groups excluding carboxylic acids is 1. The van der Waals surface area contributed by atoms with Crippen molar-refractivity contribution >= 4 is 17.3 Å². The highest BCUT2D eigenvalue weighted by Crippen LogP contribution is 2.26. The average Bonchev–Trinajstić information content (AvgIpc) is 2.93. The molecule has 0 aliphatic carbocycles. The summed E-state index contributed by atoms with van der Waals surface area (Å²) >= 11 is 1.48. The number of hydrogen-bond donors (Lipinski definition) is 0. The first-order chi connectivity index (χ1) is 8.65. The van der Waals surface area contributed by atoms with Gasteiger partial charge in [0.2, 0.25) is 0 Å². The fraction of sp³-hybridized carbons (Fsp3) is 0.231. The molecule has 0 radical (unpaired) electrons. The van der Waals surface area contributed by atoms with Gasteiger partial charge in [-0.15, -0.1) is 11.3 Å². The lowest BCUT2D eigenvalue weighted by atomic mass is 10.3. The lowest BCUT2D eigenvalue weighted by Gasteiger charge is -2.09. The molecule has 0 unspecified atom stereocenters. The van der Waals surface area contributed by atoms with E-state index in [2.05, 4.69) is 0 Å². The van der Waals surface area contributed by atoms with Gasteiger partial charge < -0.3 is 9.30 Å². The Kier molecular flexibility index (Phi) is 3.49. The van der Waals surface area contributed by atoms with E-state index in [1.807, 2.05) is 35.9 Å². The van der Waals surface area contributed by atoms with Gasteiger partial charge in [-0.3, -0.25) is 0 Å². The molecule has 2 heterocycles. The molecular formula is C13H12N2O2S. The van der Waals surface area contributed by atoms with Gasteiger partial charge in [0.1, 0.15) is 11.1 Å². The molecule has 18 heavy (non-hydrogen) atoms. The van der Waals surface area contributed by atoms with Crippen LogP contribution in [0, 0.1) is 25.2 Å². The van der Waals surface area contributed by atoms with Gasteiger partial charge in [0.05, 0.1) is 5.56 Å². The van der Waals surface area contributed by atoms with Gasteiger partial charge in [-0.2, -0.15) is 5.26 Å². The Morgan fingerprint density at radius 2 is 2.06 bits per heavy atom. The van der Waals surface area contributed by atoms with E-state index in [0.717, 1.165) is 16.4 Å². The van der Waals surface area contributed by atoms with E-state index in [4.69, 9.17) is 10.00 Å². The predicted molar refractivity (Wildman–Crippen MR) is 69.0 cm³/mol. The molecule has 0 fully saturated rings. The number of aryl methyl sites for hydroxylation is 2. The first kappa shape index (κ1) is 12.4. The van der Waals surface area contributed by atoms with E-state index in [0.29, 0.717) is 5.56 Å². The third-order valence-corrected chi connectivity index (χ3v) is 3.50. The van der Waals surface area contributed by atoms with Crippen molar-refractivity contribution in [2.24, 2.45) is 0 Å². The molecule has 0 N–H and O–H groups in total. The maximum atomic E-state index is 11.8. The third kappa shape index (κ3) is 2.15. The number of aromatic nitrogens is 1. The van der Waals surface area contributed by atoms with Crippen LogP contribution in [0.3, 0.4) is 0 Å². The van der Waals surface area contributed by atoms with Crippen LogP contribution in [-0.4, -0.2) is 17.1 Å². The van der Waals surface area contributed by atoms with E-state index in [9.17, 15) is 4.79 Å². The van der Waals surface area contributed by atoms with Crippen molar-refractivity contribution < 1.29 is 9.53 Å². The quantitative estimate of drug-likeness (QED) is 0.797. The van der Waals surface area contributed by atoms with Crippen LogP contribution < -0.4 is 0 Å². The van der Waals surface area contributed by atoms with Gasteiger partial charge in [0.25, 0.3) is 0 Å². The summed E-state index contributed by atoms with van der Waals surface area (Å²) in [7, 11) is 0. The first-order valence-corrected chi connectivity index (χ1v) is 6.30. The molecule has 0 atom stereocenters. The zero-order valence-corrected chi connectivity index (χ0v) is 11.0. The van der Waals surface area contributed by atoms with Crippen LogP contribution in [0.2, 0.25) is 0 Å². The molecule has 92 valence electrons. The Morgan fingerprint density at radius 1 is 1.39 bits per heavy atom. The normalized spacial score (nSPS) is 10.1. The number of hydrogen-bond acceptors (Lipinski definition) is 4. The topological polar surface area (TPSA) is 55.0 Å². The van der Waals surface area contributed by atoms with E-state index < -0.39 is 5.97 Å². The van der Waals surface area contributed by atoms with Crippen LogP contribution >= 0.6 is 11.3 Å². The smallest absolute Gasteiger partial charge is 0.342 e. The average molecular weight is 260 g/mol. The molecule has 0 amide bonds. The number of esters is 1. The summed E-state index contributed by atoms with van der Waals surface area (Å²) in [5, 5.41) is 11.1. The molecule has 0 spiro atoms. The van der Waals surface area contributed by atoms with Crippen molar-refractivity contribution in [1.29, 1.82) is 5.26 Å². The van der Waals surface area contributed by atoms with Crippen LogP contribution in [0.25, 0.3) is 5.00 Å². The molecular weight excluding hydrogens is 248 g/mol. The highest BCUT2D eigenvalue weighted by atomic mass is 32.1. The number of carbonyl (C=O) groups is 1.